The molecule has 1 atom stereocenters. The second kappa shape index (κ2) is 6.44. The number of nitrogens with one attached hydrogen (secondary N) is 1. The Labute approximate surface area is 150 Å². The maximum atomic E-state index is 12.9. The van der Waals surface area contributed by atoms with Crippen molar-refractivity contribution in [2.45, 2.75) is 39.2 Å². The highest BCUT2D eigenvalue weighted by atomic mass is 32.1. The first-order valence-electron chi connectivity index (χ1n) is 8.47. The van der Waals surface area contributed by atoms with Gasteiger partial charge in [0.2, 0.25) is 0 Å². The van der Waals surface area contributed by atoms with Crippen LogP contribution in [0, 0.1) is 13.8 Å². The van der Waals surface area contributed by atoms with Crippen molar-refractivity contribution in [3.05, 3.63) is 63.4 Å². The number of nitrogens with zero attached hydrogens (tertiary/aromatic N) is 3. The van der Waals surface area contributed by atoms with Gasteiger partial charge in [0, 0.05) is 17.3 Å². The molecular weight excluding hydrogens is 332 g/mol. The van der Waals surface area contributed by atoms with Crippen LogP contribution in [0.5, 0.6) is 0 Å². The minimum atomic E-state index is -0.0323. The first kappa shape index (κ1) is 16.0. The van der Waals surface area contributed by atoms with Gasteiger partial charge >= 0.3 is 0 Å². The number of hydrogen-bond acceptors (Lipinski definition) is 4. The molecule has 1 aliphatic carbocycles. The van der Waals surface area contributed by atoms with E-state index < -0.39 is 0 Å². The van der Waals surface area contributed by atoms with Crippen LogP contribution in [0.25, 0.3) is 5.69 Å². The van der Waals surface area contributed by atoms with E-state index in [1.165, 1.54) is 10.6 Å². The Morgan fingerprint density at radius 2 is 2.08 bits per heavy atom. The van der Waals surface area contributed by atoms with Crippen molar-refractivity contribution >= 4 is 17.2 Å². The van der Waals surface area contributed by atoms with Crippen LogP contribution in [0.2, 0.25) is 0 Å². The van der Waals surface area contributed by atoms with Gasteiger partial charge in [-0.25, -0.2) is 9.67 Å². The minimum absolute atomic E-state index is 0.0323. The maximum absolute atomic E-state index is 12.9. The van der Waals surface area contributed by atoms with Crippen LogP contribution in [0.15, 0.2) is 35.8 Å². The first-order valence-corrected chi connectivity index (χ1v) is 9.35. The summed E-state index contributed by atoms with van der Waals surface area (Å²) in [4.78, 5) is 18.6. The van der Waals surface area contributed by atoms with Crippen molar-refractivity contribution in [1.82, 2.24) is 20.1 Å². The summed E-state index contributed by atoms with van der Waals surface area (Å²) in [5.41, 5.74) is 6.36. The lowest BCUT2D eigenvalue weighted by Gasteiger charge is -2.22. The lowest BCUT2D eigenvalue weighted by Crippen LogP contribution is -2.39. The predicted molar refractivity (Wildman–Crippen MR) is 98.4 cm³/mol. The van der Waals surface area contributed by atoms with E-state index in [9.17, 15) is 4.79 Å². The van der Waals surface area contributed by atoms with E-state index in [0.717, 1.165) is 36.3 Å². The van der Waals surface area contributed by atoms with E-state index in [-0.39, 0.29) is 11.9 Å². The average Bonchev–Trinajstić information content (AvgIpc) is 3.19. The zero-order valence-corrected chi connectivity index (χ0v) is 15.1. The fraction of sp³-hybridized carbons (Fsp3) is 0.316. The fourth-order valence-electron chi connectivity index (χ4n) is 3.47. The fourth-order valence-corrected chi connectivity index (χ4v) is 4.37. The van der Waals surface area contributed by atoms with E-state index >= 15 is 0 Å². The average molecular weight is 352 g/mol. The van der Waals surface area contributed by atoms with Crippen LogP contribution in [0.3, 0.4) is 0 Å². The summed E-state index contributed by atoms with van der Waals surface area (Å²) in [7, 11) is 0. The van der Waals surface area contributed by atoms with Crippen LogP contribution in [-0.2, 0) is 12.8 Å². The molecule has 4 rings (SSSR count). The van der Waals surface area contributed by atoms with Crippen LogP contribution in [-0.4, -0.2) is 26.7 Å². The molecule has 2 aromatic heterocycles. The van der Waals surface area contributed by atoms with Crippen molar-refractivity contribution in [2.75, 3.05) is 0 Å². The lowest BCUT2D eigenvalue weighted by atomic mass is 9.97. The lowest BCUT2D eigenvalue weighted by molar-refractivity contribution is 0.0932. The highest BCUT2D eigenvalue weighted by Gasteiger charge is 2.25. The highest BCUT2D eigenvalue weighted by Crippen LogP contribution is 2.24. The number of carbonyl (C=O) groups is 1. The number of thiazole rings is 1. The number of carbonyl (C=O) groups excluding carboxylic acids is 1. The van der Waals surface area contributed by atoms with Crippen molar-refractivity contribution < 1.29 is 4.79 Å². The Bertz CT molecular complexity index is 913. The molecule has 0 unspecified atom stereocenters. The molecule has 1 aliphatic rings. The third-order valence-corrected chi connectivity index (χ3v) is 5.64. The summed E-state index contributed by atoms with van der Waals surface area (Å²) in [6.45, 7) is 3.84. The largest absolute Gasteiger partial charge is 0.349 e. The topological polar surface area (TPSA) is 59.8 Å². The van der Waals surface area contributed by atoms with Crippen molar-refractivity contribution in [3.8, 4) is 5.69 Å². The van der Waals surface area contributed by atoms with Gasteiger partial charge in [-0.2, -0.15) is 5.10 Å². The molecule has 0 saturated heterocycles. The molecule has 0 fully saturated rings. The van der Waals surface area contributed by atoms with Crippen molar-refractivity contribution in [3.63, 3.8) is 0 Å². The summed E-state index contributed by atoms with van der Waals surface area (Å²) in [5.74, 6) is -0.0323. The van der Waals surface area contributed by atoms with Gasteiger partial charge in [0.15, 0.2) is 0 Å². The molecule has 2 heterocycles. The zero-order chi connectivity index (χ0) is 17.4. The van der Waals surface area contributed by atoms with E-state index in [0.29, 0.717) is 5.56 Å². The molecular formula is C19H20N4OS. The van der Waals surface area contributed by atoms with E-state index in [1.54, 1.807) is 11.3 Å². The van der Waals surface area contributed by atoms with E-state index in [1.807, 2.05) is 54.4 Å². The summed E-state index contributed by atoms with van der Waals surface area (Å²) < 4.78 is 1.84. The molecule has 0 radical (unpaired) electrons. The Balaban J connectivity index is 1.56. The van der Waals surface area contributed by atoms with Gasteiger partial charge < -0.3 is 5.32 Å². The van der Waals surface area contributed by atoms with Gasteiger partial charge in [0.25, 0.3) is 5.91 Å². The molecule has 5 nitrogen and oxygen atoms in total. The molecule has 0 saturated carbocycles. The van der Waals surface area contributed by atoms with Crippen LogP contribution < -0.4 is 5.32 Å². The highest BCUT2D eigenvalue weighted by molar-refractivity contribution is 7.09. The SMILES string of the molecule is Cc1nn(-c2ccccc2)c(C)c1C(=O)N[C@H]1CCc2ncsc2C1. The number of hydrogen-bond donors (Lipinski definition) is 1. The molecule has 1 aromatic carbocycles. The summed E-state index contributed by atoms with van der Waals surface area (Å²) >= 11 is 1.68. The number of fused-ring (bicyclic) bond motifs is 1. The van der Waals surface area contributed by atoms with Gasteiger partial charge in [0.05, 0.1) is 33.8 Å². The smallest absolute Gasteiger partial charge is 0.255 e. The van der Waals surface area contributed by atoms with Crippen LogP contribution in [0.1, 0.15) is 38.7 Å². The minimum Gasteiger partial charge on any atom is -0.349 e. The Morgan fingerprint density at radius 3 is 2.88 bits per heavy atom. The van der Waals surface area contributed by atoms with Gasteiger partial charge in [0.1, 0.15) is 0 Å². The molecule has 128 valence electrons. The van der Waals surface area contributed by atoms with Gasteiger partial charge in [-0.15, -0.1) is 11.3 Å². The van der Waals surface area contributed by atoms with Gasteiger partial charge in [-0.3, -0.25) is 4.79 Å². The Kier molecular flexibility index (Phi) is 4.13. The second-order valence-electron chi connectivity index (χ2n) is 6.43. The molecule has 1 amide bonds. The number of aromatic nitrogens is 3. The summed E-state index contributed by atoms with van der Waals surface area (Å²) in [6.07, 6.45) is 2.75. The van der Waals surface area contributed by atoms with Crippen LogP contribution in [0.4, 0.5) is 0 Å². The quantitative estimate of drug-likeness (QED) is 0.787. The normalized spacial score (nSPS) is 16.5. The van der Waals surface area contributed by atoms with Crippen LogP contribution >= 0.6 is 11.3 Å². The molecule has 3 aromatic rings. The number of benzene rings is 1. The molecule has 0 spiro atoms. The van der Waals surface area contributed by atoms with E-state index in [2.05, 4.69) is 15.4 Å². The zero-order valence-electron chi connectivity index (χ0n) is 14.3. The maximum Gasteiger partial charge on any atom is 0.255 e. The summed E-state index contributed by atoms with van der Waals surface area (Å²) in [5, 5.41) is 7.77. The van der Waals surface area contributed by atoms with Crippen molar-refractivity contribution in [1.29, 1.82) is 0 Å². The number of amides is 1. The van der Waals surface area contributed by atoms with E-state index in [4.69, 9.17) is 0 Å². The van der Waals surface area contributed by atoms with Gasteiger partial charge in [-0.05, 0) is 38.8 Å². The molecule has 25 heavy (non-hydrogen) atoms. The monoisotopic (exact) mass is 352 g/mol. The predicted octanol–water partition coefficient (Wildman–Crippen LogP) is 3.23. The molecule has 0 bridgehead atoms. The summed E-state index contributed by atoms with van der Waals surface area (Å²) in [6, 6.07) is 10.1. The molecule has 6 heteroatoms. The molecule has 1 N–H and O–H groups in total. The Hall–Kier alpha value is -2.47. The third kappa shape index (κ3) is 2.98. The third-order valence-electron chi connectivity index (χ3n) is 4.74. The van der Waals surface area contributed by atoms with Gasteiger partial charge in [-0.1, -0.05) is 18.2 Å². The standard InChI is InChI=1S/C19H20N4OS/c1-12-18(13(2)23(22-12)15-6-4-3-5-7-15)19(24)21-14-8-9-16-17(10-14)25-11-20-16/h3-7,11,14H,8-10H2,1-2H3,(H,21,24)/t14-/m0/s1. The van der Waals surface area contributed by atoms with Crippen molar-refractivity contribution in [2.24, 2.45) is 0 Å². The molecule has 0 aliphatic heterocycles. The number of para-hydroxylation sites is 1. The number of aryl methyl sites for hydroxylation is 2. The first-order chi connectivity index (χ1) is 12.1. The number of rotatable bonds is 3. The Morgan fingerprint density at radius 1 is 1.28 bits per heavy atom. The second-order valence-corrected chi connectivity index (χ2v) is 7.37.